The number of nitrogens with one attached hydrogen (secondary N) is 2. The van der Waals surface area contributed by atoms with Gasteiger partial charge in [0.15, 0.2) is 0 Å². The number of aromatic amines is 1. The summed E-state index contributed by atoms with van der Waals surface area (Å²) in [6, 6.07) is 5.80. The number of hydrogen-bond acceptors (Lipinski definition) is 2. The van der Waals surface area contributed by atoms with Gasteiger partial charge in [0.05, 0.1) is 6.04 Å². The Bertz CT molecular complexity index is 649. The highest BCUT2D eigenvalue weighted by Gasteiger charge is 2.14. The van der Waals surface area contributed by atoms with Crippen molar-refractivity contribution in [3.8, 4) is 0 Å². The van der Waals surface area contributed by atoms with Gasteiger partial charge in [0.2, 0.25) is 5.91 Å². The van der Waals surface area contributed by atoms with Crippen molar-refractivity contribution in [2.45, 2.75) is 46.7 Å². The number of aryl methyl sites for hydroxylation is 2. The second-order valence-electron chi connectivity index (χ2n) is 6.21. The first-order valence-corrected chi connectivity index (χ1v) is 7.49. The molecule has 0 aliphatic rings. The Morgan fingerprint density at radius 3 is 2.64 bits per heavy atom. The van der Waals surface area contributed by atoms with E-state index in [2.05, 4.69) is 50.1 Å². The van der Waals surface area contributed by atoms with E-state index in [0.717, 1.165) is 11.1 Å². The summed E-state index contributed by atoms with van der Waals surface area (Å²) in [5.41, 5.74) is 10.6. The van der Waals surface area contributed by atoms with Crippen LogP contribution in [-0.4, -0.2) is 16.9 Å². The molecule has 1 aromatic carbocycles. The molecule has 1 aromatic heterocycles. The number of aromatic nitrogens is 1. The molecule has 0 spiro atoms. The van der Waals surface area contributed by atoms with Gasteiger partial charge in [-0.25, -0.2) is 0 Å². The monoisotopic (exact) mass is 323 g/mol. The summed E-state index contributed by atoms with van der Waals surface area (Å²) in [5, 5.41) is 4.13. The third kappa shape index (κ3) is 4.24. The van der Waals surface area contributed by atoms with Crippen molar-refractivity contribution in [3.63, 3.8) is 0 Å². The van der Waals surface area contributed by atoms with Crippen LogP contribution in [0.4, 0.5) is 0 Å². The third-order valence-corrected chi connectivity index (χ3v) is 3.90. The van der Waals surface area contributed by atoms with E-state index in [9.17, 15) is 4.79 Å². The summed E-state index contributed by atoms with van der Waals surface area (Å²) >= 11 is 0. The maximum atomic E-state index is 11.9. The molecule has 0 bridgehead atoms. The smallest absolute Gasteiger partial charge is 0.237 e. The van der Waals surface area contributed by atoms with Crippen LogP contribution in [0.15, 0.2) is 18.2 Å². The lowest BCUT2D eigenvalue weighted by atomic mass is 10.0. The van der Waals surface area contributed by atoms with Gasteiger partial charge in [-0.3, -0.25) is 4.79 Å². The average Bonchev–Trinajstić information content (AvgIpc) is 2.71. The second-order valence-corrected chi connectivity index (χ2v) is 6.21. The predicted molar refractivity (Wildman–Crippen MR) is 94.3 cm³/mol. The lowest BCUT2D eigenvalue weighted by molar-refractivity contribution is -0.122. The van der Waals surface area contributed by atoms with Crippen molar-refractivity contribution in [1.82, 2.24) is 10.3 Å². The highest BCUT2D eigenvalue weighted by atomic mass is 35.5. The largest absolute Gasteiger partial charge is 0.358 e. The highest BCUT2D eigenvalue weighted by Crippen LogP contribution is 2.22. The standard InChI is InChI=1S/C17H25N3O.ClH/c1-10(2)7-15(18)17(21)19-9-13-5-6-16-14(8-13)11(3)12(4)20-16;/h5-6,8,10,15,20H,7,9,18H2,1-4H3,(H,19,21);1H/t15-;/m0./s1. The molecule has 2 rings (SSSR count). The van der Waals surface area contributed by atoms with E-state index >= 15 is 0 Å². The molecule has 0 saturated carbocycles. The average molecular weight is 324 g/mol. The molecule has 4 nitrogen and oxygen atoms in total. The molecule has 2 aromatic rings. The van der Waals surface area contributed by atoms with Crippen molar-refractivity contribution in [1.29, 1.82) is 0 Å². The van der Waals surface area contributed by atoms with E-state index in [0.29, 0.717) is 18.9 Å². The minimum Gasteiger partial charge on any atom is -0.358 e. The van der Waals surface area contributed by atoms with E-state index in [-0.39, 0.29) is 18.3 Å². The predicted octanol–water partition coefficient (Wildman–Crippen LogP) is 3.20. The molecule has 0 unspecified atom stereocenters. The van der Waals surface area contributed by atoms with Gasteiger partial charge in [0.1, 0.15) is 0 Å². The lowest BCUT2D eigenvalue weighted by Crippen LogP contribution is -2.41. The number of nitrogens with two attached hydrogens (primary N) is 1. The number of carbonyl (C=O) groups excluding carboxylic acids is 1. The number of benzene rings is 1. The van der Waals surface area contributed by atoms with Crippen molar-refractivity contribution in [2.24, 2.45) is 11.7 Å². The first kappa shape index (κ1) is 18.5. The van der Waals surface area contributed by atoms with Crippen LogP contribution in [0.1, 0.15) is 37.1 Å². The maximum Gasteiger partial charge on any atom is 0.237 e. The van der Waals surface area contributed by atoms with Crippen molar-refractivity contribution in [2.75, 3.05) is 0 Å². The van der Waals surface area contributed by atoms with E-state index < -0.39 is 6.04 Å². The second kappa shape index (κ2) is 7.65. The molecule has 5 heteroatoms. The zero-order chi connectivity index (χ0) is 15.6. The molecule has 0 aliphatic carbocycles. The number of fused-ring (bicyclic) bond motifs is 1. The third-order valence-electron chi connectivity index (χ3n) is 3.90. The van der Waals surface area contributed by atoms with Gasteiger partial charge in [-0.1, -0.05) is 19.9 Å². The van der Waals surface area contributed by atoms with Gasteiger partial charge >= 0.3 is 0 Å². The van der Waals surface area contributed by atoms with Crippen LogP contribution in [0.2, 0.25) is 0 Å². The SMILES string of the molecule is Cc1[nH]c2ccc(CNC(=O)[C@@H](N)CC(C)C)cc2c1C.Cl. The summed E-state index contributed by atoms with van der Waals surface area (Å²) in [6.07, 6.45) is 0.709. The molecule has 4 N–H and O–H groups in total. The summed E-state index contributed by atoms with van der Waals surface area (Å²) in [5.74, 6) is 0.346. The molecule has 1 heterocycles. The Hall–Kier alpha value is -1.52. The summed E-state index contributed by atoms with van der Waals surface area (Å²) in [7, 11) is 0. The molecule has 22 heavy (non-hydrogen) atoms. The van der Waals surface area contributed by atoms with Crippen LogP contribution in [0.3, 0.4) is 0 Å². The number of amides is 1. The first-order valence-electron chi connectivity index (χ1n) is 7.49. The Balaban J connectivity index is 0.00000242. The Morgan fingerprint density at radius 1 is 1.32 bits per heavy atom. The zero-order valence-corrected chi connectivity index (χ0v) is 14.5. The van der Waals surface area contributed by atoms with Crippen LogP contribution < -0.4 is 11.1 Å². The quantitative estimate of drug-likeness (QED) is 0.790. The topological polar surface area (TPSA) is 70.9 Å². The number of carbonyl (C=O) groups is 1. The highest BCUT2D eigenvalue weighted by molar-refractivity contribution is 5.86. The van der Waals surface area contributed by atoms with Crippen LogP contribution >= 0.6 is 12.4 Å². The van der Waals surface area contributed by atoms with Gasteiger partial charge in [-0.15, -0.1) is 12.4 Å². The molecular weight excluding hydrogens is 298 g/mol. The first-order chi connectivity index (χ1) is 9.88. The van der Waals surface area contributed by atoms with E-state index in [4.69, 9.17) is 5.73 Å². The van der Waals surface area contributed by atoms with Gasteiger partial charge in [0, 0.05) is 23.1 Å². The summed E-state index contributed by atoms with van der Waals surface area (Å²) in [4.78, 5) is 15.3. The van der Waals surface area contributed by atoms with Crippen molar-refractivity contribution >= 4 is 29.2 Å². The van der Waals surface area contributed by atoms with Gasteiger partial charge in [-0.05, 0) is 49.4 Å². The molecule has 0 fully saturated rings. The normalized spacial score (nSPS) is 12.3. The van der Waals surface area contributed by atoms with Crippen LogP contribution in [0, 0.1) is 19.8 Å². The number of halogens is 1. The maximum absolute atomic E-state index is 11.9. The van der Waals surface area contributed by atoms with Crippen molar-refractivity contribution < 1.29 is 4.79 Å². The zero-order valence-electron chi connectivity index (χ0n) is 13.7. The number of rotatable bonds is 5. The van der Waals surface area contributed by atoms with Gasteiger partial charge in [-0.2, -0.15) is 0 Å². The van der Waals surface area contributed by atoms with E-state index in [1.807, 2.05) is 6.07 Å². The summed E-state index contributed by atoms with van der Waals surface area (Å²) in [6.45, 7) is 8.83. The molecule has 122 valence electrons. The molecule has 1 amide bonds. The van der Waals surface area contributed by atoms with Crippen LogP contribution in [0.5, 0.6) is 0 Å². The number of H-pyrrole nitrogens is 1. The van der Waals surface area contributed by atoms with Gasteiger partial charge in [0.25, 0.3) is 0 Å². The molecule has 0 saturated heterocycles. The van der Waals surface area contributed by atoms with E-state index in [1.54, 1.807) is 0 Å². The molecule has 0 radical (unpaired) electrons. The van der Waals surface area contributed by atoms with Crippen LogP contribution in [0.25, 0.3) is 10.9 Å². The Labute approximate surface area is 138 Å². The molecule has 1 atom stereocenters. The van der Waals surface area contributed by atoms with E-state index in [1.165, 1.54) is 16.6 Å². The van der Waals surface area contributed by atoms with Gasteiger partial charge < -0.3 is 16.0 Å². The molecule has 0 aliphatic heterocycles. The fourth-order valence-electron chi connectivity index (χ4n) is 2.55. The Kier molecular flexibility index (Phi) is 6.45. The fraction of sp³-hybridized carbons (Fsp3) is 0.471. The Morgan fingerprint density at radius 2 is 2.00 bits per heavy atom. The minimum atomic E-state index is -0.426. The fourth-order valence-corrected chi connectivity index (χ4v) is 2.55. The lowest BCUT2D eigenvalue weighted by Gasteiger charge is -2.14. The van der Waals surface area contributed by atoms with Crippen LogP contribution in [-0.2, 0) is 11.3 Å². The minimum absolute atomic E-state index is 0. The van der Waals surface area contributed by atoms with Crippen molar-refractivity contribution in [3.05, 3.63) is 35.0 Å². The number of hydrogen-bond donors (Lipinski definition) is 3. The summed E-state index contributed by atoms with van der Waals surface area (Å²) < 4.78 is 0. The molecular formula is C17H26ClN3O.